The van der Waals surface area contributed by atoms with Gasteiger partial charge in [0.15, 0.2) is 0 Å². The van der Waals surface area contributed by atoms with Crippen LogP contribution in [0.25, 0.3) is 17.5 Å². The molecule has 1 aliphatic heterocycles. The van der Waals surface area contributed by atoms with Crippen LogP contribution in [0.1, 0.15) is 11.1 Å². The molecule has 0 N–H and O–H groups in total. The van der Waals surface area contributed by atoms with Gasteiger partial charge in [-0.05, 0) is 36.8 Å². The molecule has 0 aliphatic carbocycles. The van der Waals surface area contributed by atoms with Gasteiger partial charge in [0, 0.05) is 38.3 Å². The van der Waals surface area contributed by atoms with E-state index in [1.54, 1.807) is 4.68 Å². The van der Waals surface area contributed by atoms with Crippen LogP contribution in [0.3, 0.4) is 0 Å². The lowest BCUT2D eigenvalue weighted by Crippen LogP contribution is -2.46. The van der Waals surface area contributed by atoms with Gasteiger partial charge >= 0.3 is 0 Å². The van der Waals surface area contributed by atoms with E-state index in [1.807, 2.05) is 18.2 Å². The fraction of sp³-hybridized carbons (Fsp3) is 0.304. The second kappa shape index (κ2) is 9.31. The SMILES string of the molecule is Cc1ccc(-c2nn(CN3CCN(C/C=C/c4ccccc4)CC3)c(=S)o2)cc1. The highest BCUT2D eigenvalue weighted by Gasteiger charge is 2.18. The van der Waals surface area contributed by atoms with Gasteiger partial charge < -0.3 is 4.42 Å². The molecule has 2 heterocycles. The summed E-state index contributed by atoms with van der Waals surface area (Å²) in [5.41, 5.74) is 3.41. The lowest BCUT2D eigenvalue weighted by molar-refractivity contribution is 0.109. The number of hydrogen-bond acceptors (Lipinski definition) is 5. The third-order valence-electron chi connectivity index (χ3n) is 5.18. The summed E-state index contributed by atoms with van der Waals surface area (Å²) < 4.78 is 7.51. The largest absolute Gasteiger partial charge is 0.409 e. The van der Waals surface area contributed by atoms with Gasteiger partial charge in [-0.2, -0.15) is 0 Å². The molecular formula is C23H26N4OS. The molecule has 0 spiro atoms. The van der Waals surface area contributed by atoms with Crippen molar-refractivity contribution in [1.29, 1.82) is 0 Å². The molecule has 0 bridgehead atoms. The van der Waals surface area contributed by atoms with E-state index >= 15 is 0 Å². The fourth-order valence-electron chi connectivity index (χ4n) is 3.41. The highest BCUT2D eigenvalue weighted by Crippen LogP contribution is 2.18. The van der Waals surface area contributed by atoms with Crippen molar-refractivity contribution in [2.45, 2.75) is 13.6 Å². The molecule has 6 heteroatoms. The molecule has 1 aromatic heterocycles. The molecule has 150 valence electrons. The number of hydrogen-bond donors (Lipinski definition) is 0. The van der Waals surface area contributed by atoms with Crippen molar-refractivity contribution in [3.63, 3.8) is 0 Å². The van der Waals surface area contributed by atoms with Gasteiger partial charge in [-0.25, -0.2) is 4.68 Å². The Kier molecular flexibility index (Phi) is 6.34. The summed E-state index contributed by atoms with van der Waals surface area (Å²) >= 11 is 5.38. The van der Waals surface area contributed by atoms with Crippen LogP contribution in [-0.4, -0.2) is 52.3 Å². The van der Waals surface area contributed by atoms with Crippen LogP contribution in [0.2, 0.25) is 0 Å². The van der Waals surface area contributed by atoms with Crippen molar-refractivity contribution < 1.29 is 4.42 Å². The van der Waals surface area contributed by atoms with Gasteiger partial charge in [0.05, 0.1) is 6.67 Å². The smallest absolute Gasteiger partial charge is 0.288 e. The van der Waals surface area contributed by atoms with Gasteiger partial charge in [-0.1, -0.05) is 60.2 Å². The van der Waals surface area contributed by atoms with Crippen LogP contribution in [0, 0.1) is 11.8 Å². The van der Waals surface area contributed by atoms with E-state index in [4.69, 9.17) is 16.6 Å². The third-order valence-corrected chi connectivity index (χ3v) is 5.47. The van der Waals surface area contributed by atoms with Gasteiger partial charge in [0.2, 0.25) is 5.89 Å². The van der Waals surface area contributed by atoms with Gasteiger partial charge in [0.1, 0.15) is 0 Å². The normalized spacial score (nSPS) is 15.9. The number of benzene rings is 2. The summed E-state index contributed by atoms with van der Waals surface area (Å²) in [4.78, 5) is 5.26. The molecule has 0 amide bonds. The lowest BCUT2D eigenvalue weighted by atomic mass is 10.1. The first kappa shape index (κ1) is 19.8. The first-order valence-corrected chi connectivity index (χ1v) is 10.4. The predicted octanol–water partition coefficient (Wildman–Crippen LogP) is 4.47. The third kappa shape index (κ3) is 5.29. The summed E-state index contributed by atoms with van der Waals surface area (Å²) in [7, 11) is 0. The minimum absolute atomic E-state index is 0.425. The first-order chi connectivity index (χ1) is 14.2. The summed E-state index contributed by atoms with van der Waals surface area (Å²) in [6.45, 7) is 7.77. The summed E-state index contributed by atoms with van der Waals surface area (Å²) in [6.07, 6.45) is 4.43. The molecule has 1 saturated heterocycles. The maximum Gasteiger partial charge on any atom is 0.288 e. The monoisotopic (exact) mass is 406 g/mol. The van der Waals surface area contributed by atoms with E-state index in [0.29, 0.717) is 17.4 Å². The van der Waals surface area contributed by atoms with E-state index < -0.39 is 0 Å². The van der Waals surface area contributed by atoms with Gasteiger partial charge in [-0.15, -0.1) is 5.10 Å². The Balaban J connectivity index is 1.29. The Hall–Kier alpha value is -2.54. The van der Waals surface area contributed by atoms with Gasteiger partial charge in [0.25, 0.3) is 4.84 Å². The Morgan fingerprint density at radius 1 is 0.966 bits per heavy atom. The number of aryl methyl sites for hydroxylation is 1. The highest BCUT2D eigenvalue weighted by atomic mass is 32.1. The molecule has 1 fully saturated rings. The maximum atomic E-state index is 5.72. The Bertz CT molecular complexity index is 999. The molecule has 0 atom stereocenters. The van der Waals surface area contributed by atoms with E-state index in [0.717, 1.165) is 38.3 Å². The van der Waals surface area contributed by atoms with Crippen LogP contribution in [0.15, 0.2) is 65.1 Å². The standard InChI is InChI=1S/C23H26N4OS/c1-19-9-11-21(12-10-19)22-24-27(23(29)28-22)18-26-16-14-25(15-17-26)13-5-8-20-6-3-2-4-7-20/h2-12H,13-18H2,1H3/b8-5+. The number of rotatable bonds is 6. The minimum Gasteiger partial charge on any atom is -0.409 e. The van der Waals surface area contributed by atoms with Crippen molar-refractivity contribution in [2.75, 3.05) is 32.7 Å². The van der Waals surface area contributed by atoms with Crippen LogP contribution in [-0.2, 0) is 6.67 Å². The average molecular weight is 407 g/mol. The summed E-state index contributed by atoms with van der Waals surface area (Å²) in [5, 5.41) is 4.59. The molecule has 3 aromatic rings. The Morgan fingerprint density at radius 3 is 2.38 bits per heavy atom. The van der Waals surface area contributed by atoms with E-state index in [-0.39, 0.29) is 0 Å². The van der Waals surface area contributed by atoms with Crippen molar-refractivity contribution in [3.05, 3.63) is 76.6 Å². The molecule has 4 rings (SSSR count). The predicted molar refractivity (Wildman–Crippen MR) is 119 cm³/mol. The minimum atomic E-state index is 0.425. The maximum absolute atomic E-state index is 5.72. The Morgan fingerprint density at radius 2 is 1.66 bits per heavy atom. The zero-order valence-corrected chi connectivity index (χ0v) is 17.5. The van der Waals surface area contributed by atoms with Crippen LogP contribution in [0.5, 0.6) is 0 Å². The van der Waals surface area contributed by atoms with Crippen molar-refractivity contribution in [1.82, 2.24) is 19.6 Å². The molecule has 0 saturated carbocycles. The zero-order valence-electron chi connectivity index (χ0n) is 16.7. The second-order valence-corrected chi connectivity index (χ2v) is 7.76. The zero-order chi connectivity index (χ0) is 20.1. The van der Waals surface area contributed by atoms with E-state index in [2.05, 4.69) is 70.4 Å². The fourth-order valence-corrected chi connectivity index (χ4v) is 3.59. The average Bonchev–Trinajstić information content (AvgIpc) is 3.11. The lowest BCUT2D eigenvalue weighted by Gasteiger charge is -2.33. The second-order valence-electron chi connectivity index (χ2n) is 7.41. The number of piperazine rings is 1. The van der Waals surface area contributed by atoms with Crippen molar-refractivity contribution >= 4 is 18.3 Å². The molecule has 29 heavy (non-hydrogen) atoms. The summed E-state index contributed by atoms with van der Waals surface area (Å²) in [6, 6.07) is 18.6. The van der Waals surface area contributed by atoms with Crippen LogP contribution in [0.4, 0.5) is 0 Å². The van der Waals surface area contributed by atoms with E-state index in [1.165, 1.54) is 11.1 Å². The summed E-state index contributed by atoms with van der Waals surface area (Å²) in [5.74, 6) is 0.583. The first-order valence-electron chi connectivity index (χ1n) is 9.99. The molecular weight excluding hydrogens is 380 g/mol. The van der Waals surface area contributed by atoms with E-state index in [9.17, 15) is 0 Å². The van der Waals surface area contributed by atoms with Crippen LogP contribution < -0.4 is 0 Å². The van der Waals surface area contributed by atoms with Crippen molar-refractivity contribution in [3.8, 4) is 11.5 Å². The topological polar surface area (TPSA) is 37.4 Å². The molecule has 2 aromatic carbocycles. The molecule has 0 unspecified atom stereocenters. The quantitative estimate of drug-likeness (QED) is 0.565. The molecule has 1 aliphatic rings. The molecule has 5 nitrogen and oxygen atoms in total. The highest BCUT2D eigenvalue weighted by molar-refractivity contribution is 7.71. The van der Waals surface area contributed by atoms with Gasteiger partial charge in [-0.3, -0.25) is 9.80 Å². The van der Waals surface area contributed by atoms with Crippen molar-refractivity contribution in [2.24, 2.45) is 0 Å². The Labute approximate surface area is 176 Å². The molecule has 0 radical (unpaired) electrons. The van der Waals surface area contributed by atoms with Crippen LogP contribution >= 0.6 is 12.2 Å². The number of aromatic nitrogens is 2. The number of nitrogens with zero attached hydrogens (tertiary/aromatic N) is 4.